The van der Waals surface area contributed by atoms with Crippen molar-refractivity contribution in [3.05, 3.63) is 107 Å². The summed E-state index contributed by atoms with van der Waals surface area (Å²) in [5, 5.41) is 7.04. The summed E-state index contributed by atoms with van der Waals surface area (Å²) in [6.07, 6.45) is 5.69. The van der Waals surface area contributed by atoms with E-state index in [-0.39, 0.29) is 17.9 Å². The minimum atomic E-state index is -0.356. The zero-order valence-corrected chi connectivity index (χ0v) is 19.0. The first-order valence-corrected chi connectivity index (χ1v) is 11.3. The van der Waals surface area contributed by atoms with E-state index in [1.54, 1.807) is 17.1 Å². The standard InChI is InChI=1S/C26H26N6O2/c1-30-17-20(16-28-30)15-27-26(34)22-18-31-12-13-32(23(33)14-19-8-4-2-5-9-19)24(25(31)29-22)21-10-6-3-7-11-21/h2-11,16-18,24H,12-15H2,1H3,(H,27,34). The molecule has 34 heavy (non-hydrogen) atoms. The SMILES string of the molecule is Cn1cc(CNC(=O)c2cn3c(n2)C(c2ccccc2)N(C(=O)Cc2ccccc2)CC3)cn1. The topological polar surface area (TPSA) is 85.0 Å². The summed E-state index contributed by atoms with van der Waals surface area (Å²) in [7, 11) is 1.84. The maximum Gasteiger partial charge on any atom is 0.271 e. The highest BCUT2D eigenvalue weighted by Crippen LogP contribution is 2.32. The van der Waals surface area contributed by atoms with Gasteiger partial charge >= 0.3 is 0 Å². The lowest BCUT2D eigenvalue weighted by molar-refractivity contribution is -0.133. The largest absolute Gasteiger partial charge is 0.346 e. The molecule has 8 heteroatoms. The lowest BCUT2D eigenvalue weighted by atomic mass is 10.0. The molecule has 1 atom stereocenters. The second-order valence-electron chi connectivity index (χ2n) is 8.45. The van der Waals surface area contributed by atoms with Crippen molar-refractivity contribution in [1.29, 1.82) is 0 Å². The fourth-order valence-electron chi connectivity index (χ4n) is 4.36. The number of rotatable bonds is 6. The van der Waals surface area contributed by atoms with Crippen LogP contribution >= 0.6 is 0 Å². The van der Waals surface area contributed by atoms with Crippen molar-refractivity contribution in [2.45, 2.75) is 25.6 Å². The van der Waals surface area contributed by atoms with E-state index in [0.717, 1.165) is 16.7 Å². The Kier molecular flexibility index (Phi) is 5.95. The molecular weight excluding hydrogens is 428 g/mol. The number of aryl methyl sites for hydroxylation is 1. The number of carbonyl (C=O) groups excluding carboxylic acids is 2. The Bertz CT molecular complexity index is 1300. The van der Waals surface area contributed by atoms with Crippen molar-refractivity contribution in [2.24, 2.45) is 7.05 Å². The number of hydrogen-bond acceptors (Lipinski definition) is 4. The van der Waals surface area contributed by atoms with Crippen LogP contribution in [0.2, 0.25) is 0 Å². The van der Waals surface area contributed by atoms with Crippen LogP contribution in [0.4, 0.5) is 0 Å². The van der Waals surface area contributed by atoms with Gasteiger partial charge in [0.05, 0.1) is 12.6 Å². The van der Waals surface area contributed by atoms with Crippen LogP contribution in [0.25, 0.3) is 0 Å². The summed E-state index contributed by atoms with van der Waals surface area (Å²) in [4.78, 5) is 32.8. The summed E-state index contributed by atoms with van der Waals surface area (Å²) in [6, 6.07) is 19.3. The number of aromatic nitrogens is 4. The quantitative estimate of drug-likeness (QED) is 0.486. The molecule has 1 N–H and O–H groups in total. The summed E-state index contributed by atoms with van der Waals surface area (Å²) < 4.78 is 3.69. The third kappa shape index (κ3) is 4.47. The average molecular weight is 455 g/mol. The Morgan fingerprint density at radius 1 is 0.971 bits per heavy atom. The molecule has 0 fully saturated rings. The van der Waals surface area contributed by atoms with Crippen LogP contribution in [0, 0.1) is 0 Å². The lowest BCUT2D eigenvalue weighted by Gasteiger charge is -2.36. The van der Waals surface area contributed by atoms with Gasteiger partial charge in [0.15, 0.2) is 0 Å². The average Bonchev–Trinajstić information content (AvgIpc) is 3.49. The van der Waals surface area contributed by atoms with Gasteiger partial charge in [0, 0.05) is 44.6 Å². The minimum absolute atomic E-state index is 0.0388. The van der Waals surface area contributed by atoms with Gasteiger partial charge in [-0.25, -0.2) is 4.98 Å². The molecule has 3 heterocycles. The predicted octanol–water partition coefficient (Wildman–Crippen LogP) is 2.72. The summed E-state index contributed by atoms with van der Waals surface area (Å²) in [5.41, 5.74) is 3.21. The van der Waals surface area contributed by atoms with Crippen molar-refractivity contribution in [3.63, 3.8) is 0 Å². The second kappa shape index (κ2) is 9.35. The van der Waals surface area contributed by atoms with E-state index in [4.69, 9.17) is 4.98 Å². The van der Waals surface area contributed by atoms with Crippen molar-refractivity contribution >= 4 is 11.8 Å². The van der Waals surface area contributed by atoms with Gasteiger partial charge in [-0.05, 0) is 11.1 Å². The molecule has 8 nitrogen and oxygen atoms in total. The Labute approximate surface area is 197 Å². The van der Waals surface area contributed by atoms with E-state index in [1.165, 1.54) is 0 Å². The molecule has 0 radical (unpaired) electrons. The number of benzene rings is 2. The molecule has 172 valence electrons. The van der Waals surface area contributed by atoms with E-state index >= 15 is 0 Å². The highest BCUT2D eigenvalue weighted by atomic mass is 16.2. The fourth-order valence-corrected chi connectivity index (χ4v) is 4.36. The summed E-state index contributed by atoms with van der Waals surface area (Å²) >= 11 is 0. The van der Waals surface area contributed by atoms with Crippen LogP contribution in [0.3, 0.4) is 0 Å². The lowest BCUT2D eigenvalue weighted by Crippen LogP contribution is -2.43. The Balaban J connectivity index is 1.41. The smallest absolute Gasteiger partial charge is 0.271 e. The maximum absolute atomic E-state index is 13.4. The van der Waals surface area contributed by atoms with Gasteiger partial charge in [-0.15, -0.1) is 0 Å². The van der Waals surface area contributed by atoms with E-state index in [9.17, 15) is 9.59 Å². The molecule has 0 aliphatic carbocycles. The second-order valence-corrected chi connectivity index (χ2v) is 8.45. The van der Waals surface area contributed by atoms with Crippen molar-refractivity contribution < 1.29 is 9.59 Å². The van der Waals surface area contributed by atoms with Gasteiger partial charge in [0.2, 0.25) is 5.91 Å². The van der Waals surface area contributed by atoms with E-state index in [1.807, 2.05) is 83.4 Å². The fraction of sp³-hybridized carbons (Fsp3) is 0.231. The van der Waals surface area contributed by atoms with E-state index in [2.05, 4.69) is 10.4 Å². The molecule has 2 aromatic carbocycles. The molecule has 0 bridgehead atoms. The van der Waals surface area contributed by atoms with E-state index in [0.29, 0.717) is 37.6 Å². The molecule has 4 aromatic rings. The third-order valence-corrected chi connectivity index (χ3v) is 6.02. The normalized spacial score (nSPS) is 15.1. The molecule has 0 saturated heterocycles. The monoisotopic (exact) mass is 454 g/mol. The van der Waals surface area contributed by atoms with Crippen molar-refractivity contribution in [1.82, 2.24) is 29.5 Å². The van der Waals surface area contributed by atoms with Crippen LogP contribution in [-0.4, -0.2) is 42.6 Å². The predicted molar refractivity (Wildman–Crippen MR) is 127 cm³/mol. The first kappa shape index (κ1) is 21.6. The van der Waals surface area contributed by atoms with Crippen LogP contribution in [0.1, 0.15) is 39.0 Å². The molecule has 5 rings (SSSR count). The van der Waals surface area contributed by atoms with Crippen LogP contribution < -0.4 is 5.32 Å². The van der Waals surface area contributed by atoms with E-state index < -0.39 is 0 Å². The summed E-state index contributed by atoms with van der Waals surface area (Å²) in [6.45, 7) is 1.51. The first-order chi connectivity index (χ1) is 16.6. The number of imidazole rings is 1. The third-order valence-electron chi connectivity index (χ3n) is 6.02. The molecule has 2 amide bonds. The van der Waals surface area contributed by atoms with Gasteiger partial charge in [0.25, 0.3) is 5.91 Å². The minimum Gasteiger partial charge on any atom is -0.346 e. The summed E-state index contributed by atoms with van der Waals surface area (Å²) in [5.74, 6) is 0.488. The molecule has 1 aliphatic heterocycles. The molecule has 2 aromatic heterocycles. The van der Waals surface area contributed by atoms with Gasteiger partial charge < -0.3 is 14.8 Å². The molecule has 1 unspecified atom stereocenters. The van der Waals surface area contributed by atoms with Crippen LogP contribution in [0.5, 0.6) is 0 Å². The van der Waals surface area contributed by atoms with Crippen LogP contribution in [0.15, 0.2) is 79.3 Å². The highest BCUT2D eigenvalue weighted by molar-refractivity contribution is 5.92. The molecule has 0 saturated carbocycles. The zero-order chi connectivity index (χ0) is 23.5. The van der Waals surface area contributed by atoms with Gasteiger partial charge in [-0.3, -0.25) is 14.3 Å². The first-order valence-electron chi connectivity index (χ1n) is 11.3. The number of amides is 2. The van der Waals surface area contributed by atoms with Crippen LogP contribution in [-0.2, 0) is 31.4 Å². The molecule has 0 spiro atoms. The number of carbonyl (C=O) groups is 2. The maximum atomic E-state index is 13.4. The van der Waals surface area contributed by atoms with Crippen molar-refractivity contribution in [2.75, 3.05) is 6.54 Å². The van der Waals surface area contributed by atoms with Gasteiger partial charge in [0.1, 0.15) is 17.6 Å². The van der Waals surface area contributed by atoms with Crippen molar-refractivity contribution in [3.8, 4) is 0 Å². The zero-order valence-electron chi connectivity index (χ0n) is 19.0. The number of hydrogen-bond donors (Lipinski definition) is 1. The highest BCUT2D eigenvalue weighted by Gasteiger charge is 2.34. The Hall–Kier alpha value is -4.20. The number of nitrogens with zero attached hydrogens (tertiary/aromatic N) is 5. The number of nitrogens with one attached hydrogen (secondary N) is 1. The molecular formula is C26H26N6O2. The van der Waals surface area contributed by atoms with Gasteiger partial charge in [-0.2, -0.15) is 5.10 Å². The number of fused-ring (bicyclic) bond motifs is 1. The molecule has 1 aliphatic rings. The van der Waals surface area contributed by atoms with Gasteiger partial charge in [-0.1, -0.05) is 60.7 Å². The Morgan fingerprint density at radius 2 is 1.71 bits per heavy atom. The Morgan fingerprint density at radius 3 is 2.41 bits per heavy atom.